The van der Waals surface area contributed by atoms with Crippen LogP contribution in [-0.2, 0) is 9.59 Å². The summed E-state index contributed by atoms with van der Waals surface area (Å²) in [6.45, 7) is 6.06. The van der Waals surface area contributed by atoms with Crippen LogP contribution in [0.1, 0.15) is 16.7 Å². The van der Waals surface area contributed by atoms with Crippen LogP contribution in [-0.4, -0.2) is 33.3 Å². The predicted octanol–water partition coefficient (Wildman–Crippen LogP) is 7.29. The van der Waals surface area contributed by atoms with Crippen LogP contribution in [0.4, 0.5) is 11.4 Å². The predicted molar refractivity (Wildman–Crippen MR) is 159 cm³/mol. The van der Waals surface area contributed by atoms with Crippen molar-refractivity contribution in [1.29, 1.82) is 0 Å². The molecule has 2 amide bonds. The molecule has 6 nitrogen and oxygen atoms in total. The van der Waals surface area contributed by atoms with Crippen LogP contribution in [0, 0.1) is 20.8 Å². The van der Waals surface area contributed by atoms with E-state index in [4.69, 9.17) is 0 Å². The van der Waals surface area contributed by atoms with Gasteiger partial charge in [0.15, 0.2) is 8.68 Å². The Morgan fingerprint density at radius 1 is 0.757 bits per heavy atom. The van der Waals surface area contributed by atoms with E-state index < -0.39 is 0 Å². The van der Waals surface area contributed by atoms with Crippen LogP contribution in [0.5, 0.6) is 0 Å². The number of para-hydroxylation sites is 1. The quantitative estimate of drug-likeness (QED) is 0.193. The highest BCUT2D eigenvalue weighted by atomic mass is 32.2. The summed E-state index contributed by atoms with van der Waals surface area (Å²) in [7, 11) is 0. The smallest absolute Gasteiger partial charge is 0.234 e. The molecule has 5 rings (SSSR count). The number of hydrogen-bond acceptors (Lipinski definition) is 8. The Balaban J connectivity index is 1.16. The minimum absolute atomic E-state index is 0.0575. The van der Waals surface area contributed by atoms with E-state index >= 15 is 0 Å². The zero-order valence-corrected chi connectivity index (χ0v) is 23.7. The second kappa shape index (κ2) is 11.2. The number of thiazole rings is 2. The summed E-state index contributed by atoms with van der Waals surface area (Å²) >= 11 is 5.96. The second-order valence-electron chi connectivity index (χ2n) is 8.56. The minimum atomic E-state index is -0.0823. The number of fused-ring (bicyclic) bond motifs is 2. The fraction of sp³-hybridized carbons (Fsp3) is 0.185. The molecule has 2 heterocycles. The molecule has 0 unspecified atom stereocenters. The average molecular weight is 565 g/mol. The summed E-state index contributed by atoms with van der Waals surface area (Å²) in [4.78, 5) is 34.3. The lowest BCUT2D eigenvalue weighted by atomic mass is 10.1. The Kier molecular flexibility index (Phi) is 7.80. The highest BCUT2D eigenvalue weighted by Crippen LogP contribution is 2.32. The number of aryl methyl sites for hydroxylation is 3. The van der Waals surface area contributed by atoms with Gasteiger partial charge < -0.3 is 10.6 Å². The Hall–Kier alpha value is -2.92. The number of carbonyl (C=O) groups excluding carboxylic acids is 2. The van der Waals surface area contributed by atoms with E-state index in [9.17, 15) is 9.59 Å². The van der Waals surface area contributed by atoms with E-state index in [0.29, 0.717) is 0 Å². The van der Waals surface area contributed by atoms with Gasteiger partial charge in [-0.05, 0) is 62.2 Å². The number of anilines is 2. The summed E-state index contributed by atoms with van der Waals surface area (Å²) in [5.74, 6) is 0.425. The van der Waals surface area contributed by atoms with Gasteiger partial charge in [-0.2, -0.15) is 0 Å². The summed E-state index contributed by atoms with van der Waals surface area (Å²) < 4.78 is 3.78. The molecule has 2 aromatic heterocycles. The van der Waals surface area contributed by atoms with Crippen molar-refractivity contribution in [3.8, 4) is 0 Å². The van der Waals surface area contributed by atoms with Gasteiger partial charge in [0, 0.05) is 11.4 Å². The minimum Gasteiger partial charge on any atom is -0.325 e. The van der Waals surface area contributed by atoms with E-state index in [-0.39, 0.29) is 23.3 Å². The molecule has 10 heteroatoms. The molecule has 0 fully saturated rings. The lowest BCUT2D eigenvalue weighted by Crippen LogP contribution is -2.15. The van der Waals surface area contributed by atoms with Gasteiger partial charge in [0.05, 0.1) is 31.9 Å². The Labute approximate surface area is 231 Å². The molecule has 0 saturated carbocycles. The van der Waals surface area contributed by atoms with Crippen molar-refractivity contribution in [2.75, 3.05) is 22.1 Å². The number of thioether (sulfide) groups is 2. The summed E-state index contributed by atoms with van der Waals surface area (Å²) in [5.41, 5.74) is 6.71. The van der Waals surface area contributed by atoms with Crippen molar-refractivity contribution < 1.29 is 9.59 Å². The maximum Gasteiger partial charge on any atom is 0.234 e. The third kappa shape index (κ3) is 6.32. The first kappa shape index (κ1) is 25.7. The number of benzene rings is 3. The number of rotatable bonds is 8. The van der Waals surface area contributed by atoms with E-state index in [0.717, 1.165) is 51.6 Å². The van der Waals surface area contributed by atoms with Crippen LogP contribution in [0.15, 0.2) is 63.3 Å². The van der Waals surface area contributed by atoms with Crippen molar-refractivity contribution in [3.63, 3.8) is 0 Å². The van der Waals surface area contributed by atoms with Crippen molar-refractivity contribution in [1.82, 2.24) is 9.97 Å². The standard InChI is InChI=1S/C27H24N4O2S4/c1-15-10-16(2)25(17(3)11-15)31-24(33)14-35-27-30-20-9-8-18(12-22(20)37-27)28-23(32)13-34-26-29-19-6-4-5-7-21(19)36-26/h4-12H,13-14H2,1-3H3,(H,28,32)(H,31,33). The molecule has 3 aromatic carbocycles. The molecule has 0 bridgehead atoms. The van der Waals surface area contributed by atoms with Gasteiger partial charge in [0.1, 0.15) is 0 Å². The SMILES string of the molecule is Cc1cc(C)c(NC(=O)CSc2nc3ccc(NC(=O)CSc4nc5ccccc5s4)cc3s2)c(C)c1. The normalized spacial score (nSPS) is 11.2. The van der Waals surface area contributed by atoms with E-state index in [1.54, 1.807) is 11.3 Å². The molecular formula is C27H24N4O2S4. The van der Waals surface area contributed by atoms with Crippen LogP contribution in [0.25, 0.3) is 20.4 Å². The number of hydrogen-bond donors (Lipinski definition) is 2. The first-order chi connectivity index (χ1) is 17.8. The number of aromatic nitrogens is 2. The van der Waals surface area contributed by atoms with E-state index in [2.05, 4.69) is 39.7 Å². The van der Waals surface area contributed by atoms with Crippen molar-refractivity contribution in [3.05, 3.63) is 71.3 Å². The highest BCUT2D eigenvalue weighted by molar-refractivity contribution is 8.02. The van der Waals surface area contributed by atoms with E-state index in [1.165, 1.54) is 40.4 Å². The average Bonchev–Trinajstić information content (AvgIpc) is 3.46. The molecule has 5 aromatic rings. The molecule has 0 saturated heterocycles. The molecule has 0 radical (unpaired) electrons. The fourth-order valence-corrected chi connectivity index (χ4v) is 7.74. The first-order valence-electron chi connectivity index (χ1n) is 11.5. The second-order valence-corrected chi connectivity index (χ2v) is 13.1. The van der Waals surface area contributed by atoms with Gasteiger partial charge in [-0.1, -0.05) is 53.4 Å². The van der Waals surface area contributed by atoms with Crippen molar-refractivity contribution >= 4 is 89.8 Å². The number of nitrogens with one attached hydrogen (secondary N) is 2. The maximum atomic E-state index is 12.6. The third-order valence-electron chi connectivity index (χ3n) is 5.52. The van der Waals surface area contributed by atoms with E-state index in [1.807, 2.05) is 56.3 Å². The van der Waals surface area contributed by atoms with Gasteiger partial charge in [0.2, 0.25) is 11.8 Å². The van der Waals surface area contributed by atoms with Crippen molar-refractivity contribution in [2.24, 2.45) is 0 Å². The number of carbonyl (C=O) groups is 2. The lowest BCUT2D eigenvalue weighted by Gasteiger charge is -2.12. The Morgan fingerprint density at radius 3 is 2.03 bits per heavy atom. The highest BCUT2D eigenvalue weighted by Gasteiger charge is 2.13. The van der Waals surface area contributed by atoms with Crippen LogP contribution < -0.4 is 10.6 Å². The number of nitrogens with zero attached hydrogens (tertiary/aromatic N) is 2. The zero-order chi connectivity index (χ0) is 25.9. The zero-order valence-electron chi connectivity index (χ0n) is 20.5. The van der Waals surface area contributed by atoms with Gasteiger partial charge >= 0.3 is 0 Å². The monoisotopic (exact) mass is 564 g/mol. The van der Waals surface area contributed by atoms with Gasteiger partial charge in [-0.15, -0.1) is 22.7 Å². The van der Waals surface area contributed by atoms with Gasteiger partial charge in [0.25, 0.3) is 0 Å². The summed E-state index contributed by atoms with van der Waals surface area (Å²) in [6, 6.07) is 17.8. The number of amides is 2. The Bertz CT molecular complexity index is 1570. The van der Waals surface area contributed by atoms with Crippen LogP contribution in [0.2, 0.25) is 0 Å². The third-order valence-corrected chi connectivity index (χ3v) is 9.86. The van der Waals surface area contributed by atoms with Crippen LogP contribution >= 0.6 is 46.2 Å². The summed E-state index contributed by atoms with van der Waals surface area (Å²) in [6.07, 6.45) is 0. The largest absolute Gasteiger partial charge is 0.325 e. The molecule has 0 aliphatic rings. The molecule has 188 valence electrons. The maximum absolute atomic E-state index is 12.6. The van der Waals surface area contributed by atoms with Gasteiger partial charge in [-0.25, -0.2) is 9.97 Å². The van der Waals surface area contributed by atoms with Crippen molar-refractivity contribution in [2.45, 2.75) is 29.5 Å². The molecular weight excluding hydrogens is 541 g/mol. The van der Waals surface area contributed by atoms with Crippen LogP contribution in [0.3, 0.4) is 0 Å². The molecule has 2 N–H and O–H groups in total. The molecule has 0 aliphatic carbocycles. The molecule has 37 heavy (non-hydrogen) atoms. The molecule has 0 spiro atoms. The fourth-order valence-electron chi connectivity index (χ4n) is 3.96. The molecule has 0 aliphatic heterocycles. The topological polar surface area (TPSA) is 84.0 Å². The Morgan fingerprint density at radius 2 is 1.35 bits per heavy atom. The lowest BCUT2D eigenvalue weighted by molar-refractivity contribution is -0.114. The molecule has 0 atom stereocenters. The van der Waals surface area contributed by atoms with Gasteiger partial charge in [-0.3, -0.25) is 9.59 Å². The first-order valence-corrected chi connectivity index (χ1v) is 15.1. The summed E-state index contributed by atoms with van der Waals surface area (Å²) in [5, 5.41) is 6.00.